The maximum absolute atomic E-state index is 13.0. The number of aromatic hydroxyl groups is 2. The molecule has 0 unspecified atom stereocenters. The van der Waals surface area contributed by atoms with Gasteiger partial charge >= 0.3 is 0 Å². The SMILES string of the molecule is Cc1cc(CCC(=O)N2CCOCC2)cc(Cc2cc(CCC(=O)NCCO)c(C)c(Oc3ccc(O)cc3)c2C)c1Oc1ccc(O)cc1. The molecular formula is C40H46N2O8. The van der Waals surface area contributed by atoms with Crippen LogP contribution in [0.25, 0.3) is 0 Å². The maximum Gasteiger partial charge on any atom is 0.223 e. The van der Waals surface area contributed by atoms with Gasteiger partial charge in [0.1, 0.15) is 34.5 Å². The van der Waals surface area contributed by atoms with E-state index >= 15 is 0 Å². The average molecular weight is 683 g/mol. The zero-order valence-corrected chi connectivity index (χ0v) is 29.0. The van der Waals surface area contributed by atoms with Gasteiger partial charge in [-0.15, -0.1) is 0 Å². The topological polar surface area (TPSA) is 138 Å². The summed E-state index contributed by atoms with van der Waals surface area (Å²) in [5, 5.41) is 31.6. The first-order valence-corrected chi connectivity index (χ1v) is 17.0. The van der Waals surface area contributed by atoms with Crippen LogP contribution in [0.15, 0.2) is 66.7 Å². The zero-order chi connectivity index (χ0) is 35.6. The minimum atomic E-state index is -0.152. The highest BCUT2D eigenvalue weighted by atomic mass is 16.5. The lowest BCUT2D eigenvalue weighted by atomic mass is 9.90. The lowest BCUT2D eigenvalue weighted by Crippen LogP contribution is -2.40. The van der Waals surface area contributed by atoms with Crippen molar-refractivity contribution in [2.45, 2.75) is 52.9 Å². The van der Waals surface area contributed by atoms with E-state index in [4.69, 9.17) is 19.3 Å². The predicted octanol–water partition coefficient (Wildman–Crippen LogP) is 6.03. The molecule has 4 aromatic carbocycles. The molecule has 0 aliphatic carbocycles. The summed E-state index contributed by atoms with van der Waals surface area (Å²) in [6, 6.07) is 19.4. The summed E-state index contributed by atoms with van der Waals surface area (Å²) in [6.45, 7) is 8.37. The molecule has 0 radical (unpaired) electrons. The molecule has 0 bridgehead atoms. The summed E-state index contributed by atoms with van der Waals surface area (Å²) in [4.78, 5) is 27.4. The van der Waals surface area contributed by atoms with Gasteiger partial charge in [0.15, 0.2) is 0 Å². The third kappa shape index (κ3) is 9.55. The van der Waals surface area contributed by atoms with Crippen LogP contribution in [0.4, 0.5) is 0 Å². The molecule has 1 fully saturated rings. The first kappa shape index (κ1) is 36.2. The van der Waals surface area contributed by atoms with Crippen LogP contribution >= 0.6 is 0 Å². The number of benzene rings is 4. The van der Waals surface area contributed by atoms with Crippen LogP contribution in [0.1, 0.15) is 51.8 Å². The van der Waals surface area contributed by atoms with Crippen LogP contribution in [0.5, 0.6) is 34.5 Å². The Morgan fingerprint density at radius 3 is 1.98 bits per heavy atom. The molecule has 1 heterocycles. The smallest absolute Gasteiger partial charge is 0.223 e. The Morgan fingerprint density at radius 1 is 0.760 bits per heavy atom. The normalized spacial score (nSPS) is 12.8. The van der Waals surface area contributed by atoms with Crippen LogP contribution < -0.4 is 14.8 Å². The van der Waals surface area contributed by atoms with E-state index in [2.05, 4.69) is 23.5 Å². The Morgan fingerprint density at radius 2 is 1.36 bits per heavy atom. The Kier molecular flexibility index (Phi) is 12.4. The second kappa shape index (κ2) is 17.0. The molecule has 264 valence electrons. The molecule has 1 aliphatic rings. The van der Waals surface area contributed by atoms with Gasteiger partial charge in [-0.05, 0) is 121 Å². The highest BCUT2D eigenvalue weighted by Crippen LogP contribution is 2.38. The number of phenols is 2. The van der Waals surface area contributed by atoms with Gasteiger partial charge in [0.05, 0.1) is 19.8 Å². The highest BCUT2D eigenvalue weighted by Gasteiger charge is 2.21. The van der Waals surface area contributed by atoms with Gasteiger partial charge in [-0.2, -0.15) is 0 Å². The van der Waals surface area contributed by atoms with Crippen molar-refractivity contribution in [2.75, 3.05) is 39.5 Å². The number of nitrogens with one attached hydrogen (secondary N) is 1. The molecule has 0 aromatic heterocycles. The van der Waals surface area contributed by atoms with Gasteiger partial charge in [-0.1, -0.05) is 18.2 Å². The first-order valence-electron chi connectivity index (χ1n) is 17.0. The summed E-state index contributed by atoms with van der Waals surface area (Å²) in [5.41, 5.74) is 6.60. The Bertz CT molecular complexity index is 1780. The number of hydrogen-bond donors (Lipinski definition) is 4. The van der Waals surface area contributed by atoms with Crippen molar-refractivity contribution < 1.29 is 39.1 Å². The monoisotopic (exact) mass is 682 g/mol. The largest absolute Gasteiger partial charge is 0.508 e. The van der Waals surface area contributed by atoms with E-state index in [1.165, 1.54) is 0 Å². The number of hydrogen-bond acceptors (Lipinski definition) is 8. The number of carbonyl (C=O) groups is 2. The molecule has 1 saturated heterocycles. The molecule has 0 atom stereocenters. The fourth-order valence-electron chi connectivity index (χ4n) is 6.17. The van der Waals surface area contributed by atoms with Crippen molar-refractivity contribution in [1.29, 1.82) is 0 Å². The highest BCUT2D eigenvalue weighted by molar-refractivity contribution is 5.77. The first-order chi connectivity index (χ1) is 24.1. The molecule has 0 saturated carbocycles. The van der Waals surface area contributed by atoms with E-state index in [0.29, 0.717) is 75.0 Å². The van der Waals surface area contributed by atoms with Crippen molar-refractivity contribution in [3.05, 3.63) is 106 Å². The standard InChI is InChI=1S/C40H46N2O8/c1-26-22-29(4-15-38(47)42-17-20-48-21-18-42)23-32(39(26)49-35-10-6-33(44)7-11-35)25-31-24-30(5-14-37(46)41-16-19-43)27(2)40(28(31)3)50-36-12-8-34(45)9-13-36/h6-13,22-24,43-45H,4-5,14-21,25H2,1-3H3,(H,41,46). The van der Waals surface area contributed by atoms with Gasteiger partial charge in [0, 0.05) is 38.9 Å². The average Bonchev–Trinajstić information content (AvgIpc) is 3.12. The van der Waals surface area contributed by atoms with Crippen molar-refractivity contribution in [3.63, 3.8) is 0 Å². The minimum absolute atomic E-state index is 0.106. The maximum atomic E-state index is 13.0. The van der Waals surface area contributed by atoms with E-state index in [1.807, 2.05) is 25.7 Å². The number of nitrogens with zero attached hydrogens (tertiary/aromatic N) is 1. The van der Waals surface area contributed by atoms with Gasteiger partial charge < -0.3 is 39.7 Å². The van der Waals surface area contributed by atoms with Crippen LogP contribution in [-0.4, -0.2) is 71.5 Å². The summed E-state index contributed by atoms with van der Waals surface area (Å²) in [5.74, 6) is 2.73. The van der Waals surface area contributed by atoms with Crippen LogP contribution in [0.2, 0.25) is 0 Å². The van der Waals surface area contributed by atoms with E-state index in [0.717, 1.165) is 38.9 Å². The lowest BCUT2D eigenvalue weighted by molar-refractivity contribution is -0.135. The number of aryl methyl sites for hydroxylation is 3. The third-order valence-corrected chi connectivity index (χ3v) is 8.95. The van der Waals surface area contributed by atoms with Gasteiger partial charge in [-0.25, -0.2) is 0 Å². The molecule has 10 nitrogen and oxygen atoms in total. The molecule has 2 amide bonds. The van der Waals surface area contributed by atoms with E-state index in [-0.39, 0.29) is 42.9 Å². The molecule has 50 heavy (non-hydrogen) atoms. The molecule has 0 spiro atoms. The van der Waals surface area contributed by atoms with Crippen molar-refractivity contribution in [3.8, 4) is 34.5 Å². The molecular weight excluding hydrogens is 636 g/mol. The van der Waals surface area contributed by atoms with Crippen molar-refractivity contribution in [2.24, 2.45) is 0 Å². The molecule has 4 aromatic rings. The number of aliphatic hydroxyl groups excluding tert-OH is 1. The van der Waals surface area contributed by atoms with Gasteiger partial charge in [0.25, 0.3) is 0 Å². The number of aliphatic hydroxyl groups is 1. The zero-order valence-electron chi connectivity index (χ0n) is 29.0. The van der Waals surface area contributed by atoms with Gasteiger partial charge in [-0.3, -0.25) is 9.59 Å². The Hall–Kier alpha value is -5.06. The fraction of sp³-hybridized carbons (Fsp3) is 0.350. The second-order valence-electron chi connectivity index (χ2n) is 12.6. The van der Waals surface area contributed by atoms with E-state index in [1.54, 1.807) is 48.5 Å². The van der Waals surface area contributed by atoms with Gasteiger partial charge in [0.2, 0.25) is 11.8 Å². The van der Waals surface area contributed by atoms with Crippen LogP contribution in [0, 0.1) is 20.8 Å². The Labute approximate surface area is 293 Å². The molecule has 1 aliphatic heterocycles. The third-order valence-electron chi connectivity index (χ3n) is 8.95. The summed E-state index contributed by atoms with van der Waals surface area (Å²) < 4.78 is 18.3. The number of morpholine rings is 1. The molecule has 5 rings (SSSR count). The molecule has 4 N–H and O–H groups in total. The quantitative estimate of drug-likeness (QED) is 0.127. The van der Waals surface area contributed by atoms with Crippen molar-refractivity contribution in [1.82, 2.24) is 10.2 Å². The number of rotatable bonds is 14. The summed E-state index contributed by atoms with van der Waals surface area (Å²) in [6.07, 6.45) is 2.12. The predicted molar refractivity (Wildman–Crippen MR) is 190 cm³/mol. The minimum Gasteiger partial charge on any atom is -0.508 e. The fourth-order valence-corrected chi connectivity index (χ4v) is 6.17. The number of carbonyl (C=O) groups excluding carboxylic acids is 2. The van der Waals surface area contributed by atoms with E-state index < -0.39 is 0 Å². The van der Waals surface area contributed by atoms with Crippen LogP contribution in [0.3, 0.4) is 0 Å². The lowest BCUT2D eigenvalue weighted by Gasteiger charge is -2.27. The van der Waals surface area contributed by atoms with Crippen molar-refractivity contribution >= 4 is 11.8 Å². The molecule has 10 heteroatoms. The number of phenolic OH excluding ortho intramolecular Hbond substituents is 2. The van der Waals surface area contributed by atoms with Crippen LogP contribution in [-0.2, 0) is 33.6 Å². The van der Waals surface area contributed by atoms with E-state index in [9.17, 15) is 19.8 Å². The summed E-state index contributed by atoms with van der Waals surface area (Å²) in [7, 11) is 0. The number of ether oxygens (including phenoxy) is 3. The number of amides is 2. The summed E-state index contributed by atoms with van der Waals surface area (Å²) >= 11 is 0. The Balaban J connectivity index is 1.52. The second-order valence-corrected chi connectivity index (χ2v) is 12.6.